The number of carbonyl (C=O) groups is 2. The van der Waals surface area contributed by atoms with Gasteiger partial charge in [0.1, 0.15) is 5.82 Å². The molecule has 0 aliphatic carbocycles. The number of carboxylic acids is 1. The number of aliphatic carboxylic acids is 1. The zero-order valence-corrected chi connectivity index (χ0v) is 24.5. The van der Waals surface area contributed by atoms with E-state index in [2.05, 4.69) is 0 Å². The Labute approximate surface area is 234 Å². The molecule has 0 unspecified atom stereocenters. The van der Waals surface area contributed by atoms with Crippen LogP contribution in [0.5, 0.6) is 0 Å². The van der Waals surface area contributed by atoms with Gasteiger partial charge >= 0.3 is 5.97 Å². The van der Waals surface area contributed by atoms with E-state index < -0.39 is 62.1 Å². The first kappa shape index (κ1) is 30.4. The molecule has 1 fully saturated rings. The van der Waals surface area contributed by atoms with E-state index in [1.54, 1.807) is 65.0 Å². The van der Waals surface area contributed by atoms with Crippen LogP contribution in [0.1, 0.15) is 77.0 Å². The Bertz CT molecular complexity index is 1290. The molecule has 38 heavy (non-hydrogen) atoms. The van der Waals surface area contributed by atoms with Crippen molar-refractivity contribution in [2.75, 3.05) is 5.75 Å². The minimum absolute atomic E-state index is 0.101. The van der Waals surface area contributed by atoms with Crippen molar-refractivity contribution in [3.8, 4) is 0 Å². The second-order valence-electron chi connectivity index (χ2n) is 11.3. The van der Waals surface area contributed by atoms with E-state index >= 15 is 0 Å². The second-order valence-corrected chi connectivity index (χ2v) is 15.0. The molecule has 1 N–H and O–H groups in total. The predicted molar refractivity (Wildman–Crippen MR) is 148 cm³/mol. The summed E-state index contributed by atoms with van der Waals surface area (Å²) in [5.41, 5.74) is -0.188. The molecular weight excluding hydrogens is 552 g/mol. The van der Waals surface area contributed by atoms with E-state index in [4.69, 9.17) is 23.2 Å². The number of carbonyl (C=O) groups excluding carboxylic acids is 1. The van der Waals surface area contributed by atoms with Gasteiger partial charge in [0.2, 0.25) is 5.91 Å². The Morgan fingerprint density at radius 1 is 1.13 bits per heavy atom. The molecule has 1 amide bonds. The number of benzene rings is 2. The summed E-state index contributed by atoms with van der Waals surface area (Å²) in [6.45, 7) is 8.20. The van der Waals surface area contributed by atoms with E-state index in [1.165, 1.54) is 17.0 Å². The van der Waals surface area contributed by atoms with Crippen LogP contribution in [0.25, 0.3) is 0 Å². The average Bonchev–Trinajstić information content (AvgIpc) is 2.78. The van der Waals surface area contributed by atoms with Gasteiger partial charge in [0.25, 0.3) is 0 Å². The molecule has 0 spiro atoms. The lowest BCUT2D eigenvalue weighted by Crippen LogP contribution is -2.58. The van der Waals surface area contributed by atoms with Crippen molar-refractivity contribution in [1.29, 1.82) is 0 Å². The largest absolute Gasteiger partial charge is 0.481 e. The average molecular weight is 587 g/mol. The van der Waals surface area contributed by atoms with Crippen LogP contribution in [0.2, 0.25) is 10.0 Å². The predicted octanol–water partition coefficient (Wildman–Crippen LogP) is 6.66. The standard InChI is InChI=1S/C28H34Cl2FNO5S/c1-6-22(16-38(36,37)27(2,3)4)32-25(17-7-9-19(29)10-8-17)23(18-11-20(30)13-21(31)12-18)14-28(5,26(32)35)15-24(33)34/h7-13,22-23,25H,6,14-16H2,1-5H3,(H,33,34)/t22-,23+,25+,28+/m0/s1. The fourth-order valence-electron chi connectivity index (χ4n) is 5.23. The maximum absolute atomic E-state index is 14.6. The Kier molecular flexibility index (Phi) is 8.91. The van der Waals surface area contributed by atoms with Gasteiger partial charge in [0.15, 0.2) is 9.84 Å². The second kappa shape index (κ2) is 11.1. The number of nitrogens with zero attached hydrogens (tertiary/aromatic N) is 1. The number of sulfone groups is 1. The molecule has 1 heterocycles. The van der Waals surface area contributed by atoms with Gasteiger partial charge in [-0.25, -0.2) is 12.8 Å². The van der Waals surface area contributed by atoms with E-state index in [1.807, 2.05) is 0 Å². The van der Waals surface area contributed by atoms with Gasteiger partial charge in [0.05, 0.1) is 28.4 Å². The van der Waals surface area contributed by atoms with Gasteiger partial charge in [-0.3, -0.25) is 9.59 Å². The van der Waals surface area contributed by atoms with E-state index in [9.17, 15) is 27.5 Å². The lowest BCUT2D eigenvalue weighted by Gasteiger charge is -2.52. The number of amides is 1. The third-order valence-corrected chi connectivity index (χ3v) is 10.5. The third kappa shape index (κ3) is 6.35. The number of hydrogen-bond acceptors (Lipinski definition) is 4. The lowest BCUT2D eigenvalue weighted by molar-refractivity contribution is -0.160. The van der Waals surface area contributed by atoms with Crippen molar-refractivity contribution in [2.45, 2.75) is 76.6 Å². The molecular formula is C28H34Cl2FNO5S. The molecule has 6 nitrogen and oxygen atoms in total. The summed E-state index contributed by atoms with van der Waals surface area (Å²) in [6.07, 6.45) is -0.0489. The molecule has 1 aliphatic heterocycles. The summed E-state index contributed by atoms with van der Waals surface area (Å²) in [6, 6.07) is 9.52. The first-order chi connectivity index (χ1) is 17.5. The molecule has 1 aliphatic rings. The van der Waals surface area contributed by atoms with Crippen LogP contribution in [0.4, 0.5) is 4.39 Å². The smallest absolute Gasteiger partial charge is 0.304 e. The summed E-state index contributed by atoms with van der Waals surface area (Å²) in [5, 5.41) is 10.4. The highest BCUT2D eigenvalue weighted by molar-refractivity contribution is 7.92. The minimum Gasteiger partial charge on any atom is -0.481 e. The number of halogens is 3. The Hall–Kier alpha value is -2.16. The van der Waals surface area contributed by atoms with Crippen LogP contribution < -0.4 is 0 Å². The van der Waals surface area contributed by atoms with Gasteiger partial charge < -0.3 is 10.0 Å². The summed E-state index contributed by atoms with van der Waals surface area (Å²) in [4.78, 5) is 27.7. The van der Waals surface area contributed by atoms with Crippen molar-refractivity contribution in [1.82, 2.24) is 4.90 Å². The van der Waals surface area contributed by atoms with Crippen LogP contribution in [0.15, 0.2) is 42.5 Å². The highest BCUT2D eigenvalue weighted by Crippen LogP contribution is 2.52. The van der Waals surface area contributed by atoms with E-state index in [0.717, 1.165) is 0 Å². The van der Waals surface area contributed by atoms with Crippen molar-refractivity contribution < 1.29 is 27.5 Å². The monoisotopic (exact) mass is 585 g/mol. The molecule has 0 saturated carbocycles. The van der Waals surface area contributed by atoms with Gasteiger partial charge in [-0.05, 0) is 75.1 Å². The molecule has 0 aromatic heterocycles. The quantitative estimate of drug-likeness (QED) is 0.374. The SMILES string of the molecule is CC[C@@H](CS(=O)(=O)C(C)(C)C)N1C(=O)[C@@](C)(CC(=O)O)C[C@H](c2cc(F)cc(Cl)c2)[C@H]1c1ccc(Cl)cc1. The van der Waals surface area contributed by atoms with E-state index in [0.29, 0.717) is 22.6 Å². The number of piperidine rings is 1. The number of rotatable bonds is 8. The molecule has 0 radical (unpaired) electrons. The van der Waals surface area contributed by atoms with Crippen LogP contribution >= 0.6 is 23.2 Å². The summed E-state index contributed by atoms with van der Waals surface area (Å²) < 4.78 is 40.1. The fraction of sp³-hybridized carbons (Fsp3) is 0.500. The Morgan fingerprint density at radius 2 is 1.74 bits per heavy atom. The van der Waals surface area contributed by atoms with Crippen LogP contribution in [0.3, 0.4) is 0 Å². The van der Waals surface area contributed by atoms with Crippen LogP contribution in [-0.2, 0) is 19.4 Å². The first-order valence-corrected chi connectivity index (χ1v) is 14.9. The third-order valence-electron chi connectivity index (χ3n) is 7.38. The Balaban J connectivity index is 2.30. The van der Waals surface area contributed by atoms with Crippen molar-refractivity contribution in [3.63, 3.8) is 0 Å². The summed E-state index contributed by atoms with van der Waals surface area (Å²) in [7, 11) is -3.66. The van der Waals surface area contributed by atoms with Crippen molar-refractivity contribution in [2.24, 2.45) is 5.41 Å². The lowest BCUT2D eigenvalue weighted by atomic mass is 9.67. The normalized spacial score (nSPS) is 23.4. The van der Waals surface area contributed by atoms with Gasteiger partial charge in [0, 0.05) is 22.0 Å². The highest BCUT2D eigenvalue weighted by Gasteiger charge is 2.53. The Morgan fingerprint density at radius 3 is 2.24 bits per heavy atom. The molecule has 3 rings (SSSR count). The maximum Gasteiger partial charge on any atom is 0.304 e. The highest BCUT2D eigenvalue weighted by atomic mass is 35.5. The zero-order chi connectivity index (χ0) is 28.6. The van der Waals surface area contributed by atoms with Crippen LogP contribution in [0, 0.1) is 11.2 Å². The van der Waals surface area contributed by atoms with Gasteiger partial charge in [-0.2, -0.15) is 0 Å². The van der Waals surface area contributed by atoms with E-state index in [-0.39, 0.29) is 17.2 Å². The summed E-state index contributed by atoms with van der Waals surface area (Å²) in [5.74, 6) is -3.04. The molecule has 2 aromatic carbocycles. The topological polar surface area (TPSA) is 91.8 Å². The maximum atomic E-state index is 14.6. The molecule has 10 heteroatoms. The number of likely N-dealkylation sites (tertiary alicyclic amines) is 1. The van der Waals surface area contributed by atoms with Crippen LogP contribution in [-0.4, -0.2) is 46.8 Å². The minimum atomic E-state index is -3.66. The van der Waals surface area contributed by atoms with Gasteiger partial charge in [-0.15, -0.1) is 0 Å². The molecule has 4 atom stereocenters. The van der Waals surface area contributed by atoms with Crippen molar-refractivity contribution in [3.05, 3.63) is 69.5 Å². The fourth-order valence-corrected chi connectivity index (χ4v) is 6.99. The molecule has 2 aromatic rings. The number of carboxylic acid groups (broad SMARTS) is 1. The zero-order valence-electron chi connectivity index (χ0n) is 22.2. The molecule has 0 bridgehead atoms. The first-order valence-electron chi connectivity index (χ1n) is 12.5. The molecule has 1 saturated heterocycles. The van der Waals surface area contributed by atoms with Gasteiger partial charge in [-0.1, -0.05) is 49.2 Å². The molecule has 208 valence electrons. The summed E-state index contributed by atoms with van der Waals surface area (Å²) >= 11 is 12.4. The van der Waals surface area contributed by atoms with Crippen molar-refractivity contribution >= 4 is 44.9 Å². The number of hydrogen-bond donors (Lipinski definition) is 1.